The molecule has 2 aromatic rings. The molecule has 0 aliphatic carbocycles. The second-order valence-electron chi connectivity index (χ2n) is 4.29. The molecule has 4 heteroatoms. The predicted octanol–water partition coefficient (Wildman–Crippen LogP) is 3.47. The molecule has 19 heavy (non-hydrogen) atoms. The third-order valence-electron chi connectivity index (χ3n) is 2.95. The van der Waals surface area contributed by atoms with Gasteiger partial charge in [0.05, 0.1) is 11.8 Å². The molecule has 0 aliphatic rings. The molecular weight excluding hydrogens is 262 g/mol. The maximum Gasteiger partial charge on any atom is 0.257 e. The molecule has 0 saturated carbocycles. The van der Waals surface area contributed by atoms with Crippen LogP contribution in [0.1, 0.15) is 21.7 Å². The van der Waals surface area contributed by atoms with Crippen LogP contribution in [0.15, 0.2) is 47.1 Å². The average Bonchev–Trinajstić information content (AvgIpc) is 2.85. The number of amides is 1. The number of hydrogen-bond donors (Lipinski definition) is 0. The van der Waals surface area contributed by atoms with E-state index in [2.05, 4.69) is 0 Å². The molecule has 1 aromatic carbocycles. The number of carbonyl (C=O) groups excluding carboxylic acids is 1. The van der Waals surface area contributed by atoms with Crippen LogP contribution in [0.25, 0.3) is 0 Å². The topological polar surface area (TPSA) is 33.5 Å². The van der Waals surface area contributed by atoms with Crippen molar-refractivity contribution in [3.63, 3.8) is 0 Å². The molecule has 3 nitrogen and oxygen atoms in total. The standard InChI is InChI=1S/C15H16ClNO2/c1-12-14(7-10-19-12)15(18)17(9-8-16)11-13-5-3-2-4-6-13/h2-7,10H,8-9,11H2,1H3. The van der Waals surface area contributed by atoms with Crippen molar-refractivity contribution in [3.8, 4) is 0 Å². The fraction of sp³-hybridized carbons (Fsp3) is 0.267. The van der Waals surface area contributed by atoms with Gasteiger partial charge in [0.15, 0.2) is 0 Å². The number of carbonyl (C=O) groups is 1. The van der Waals surface area contributed by atoms with E-state index in [-0.39, 0.29) is 5.91 Å². The Hall–Kier alpha value is -1.74. The lowest BCUT2D eigenvalue weighted by Crippen LogP contribution is -2.32. The molecular formula is C15H16ClNO2. The molecule has 0 radical (unpaired) electrons. The van der Waals surface area contributed by atoms with Crippen LogP contribution in [-0.2, 0) is 6.54 Å². The summed E-state index contributed by atoms with van der Waals surface area (Å²) in [6.07, 6.45) is 1.53. The molecule has 1 amide bonds. The Labute approximate surface area is 117 Å². The first-order chi connectivity index (χ1) is 9.22. The van der Waals surface area contributed by atoms with Crippen LogP contribution in [0.2, 0.25) is 0 Å². The van der Waals surface area contributed by atoms with Gasteiger partial charge in [-0.05, 0) is 18.6 Å². The van der Waals surface area contributed by atoms with Crippen LogP contribution in [-0.4, -0.2) is 23.2 Å². The highest BCUT2D eigenvalue weighted by atomic mass is 35.5. The van der Waals surface area contributed by atoms with E-state index in [1.807, 2.05) is 30.3 Å². The van der Waals surface area contributed by atoms with Crippen LogP contribution in [0.3, 0.4) is 0 Å². The Morgan fingerprint density at radius 2 is 2.00 bits per heavy atom. The third-order valence-corrected chi connectivity index (χ3v) is 3.12. The number of nitrogens with zero attached hydrogens (tertiary/aromatic N) is 1. The van der Waals surface area contributed by atoms with Gasteiger partial charge in [0, 0.05) is 19.0 Å². The van der Waals surface area contributed by atoms with Gasteiger partial charge in [0.25, 0.3) is 5.91 Å². The van der Waals surface area contributed by atoms with Crippen molar-refractivity contribution in [2.45, 2.75) is 13.5 Å². The number of hydrogen-bond acceptors (Lipinski definition) is 2. The first-order valence-electron chi connectivity index (χ1n) is 6.15. The number of halogens is 1. The highest BCUT2D eigenvalue weighted by Crippen LogP contribution is 2.14. The molecule has 0 aliphatic heterocycles. The molecule has 0 spiro atoms. The van der Waals surface area contributed by atoms with Crippen molar-refractivity contribution in [2.24, 2.45) is 0 Å². The lowest BCUT2D eigenvalue weighted by atomic mass is 10.2. The number of aryl methyl sites for hydroxylation is 1. The number of rotatable bonds is 5. The van der Waals surface area contributed by atoms with E-state index < -0.39 is 0 Å². The van der Waals surface area contributed by atoms with Crippen LogP contribution in [0.4, 0.5) is 0 Å². The zero-order valence-electron chi connectivity index (χ0n) is 10.8. The first kappa shape index (κ1) is 13.7. The van der Waals surface area contributed by atoms with Crippen molar-refractivity contribution in [1.29, 1.82) is 0 Å². The lowest BCUT2D eigenvalue weighted by molar-refractivity contribution is 0.0752. The second-order valence-corrected chi connectivity index (χ2v) is 4.67. The van der Waals surface area contributed by atoms with Crippen molar-refractivity contribution < 1.29 is 9.21 Å². The van der Waals surface area contributed by atoms with E-state index in [4.69, 9.17) is 16.0 Å². The van der Waals surface area contributed by atoms with E-state index >= 15 is 0 Å². The number of alkyl halides is 1. The molecule has 0 atom stereocenters. The lowest BCUT2D eigenvalue weighted by Gasteiger charge is -2.21. The van der Waals surface area contributed by atoms with Crippen LogP contribution in [0, 0.1) is 6.92 Å². The minimum atomic E-state index is -0.0456. The molecule has 0 N–H and O–H groups in total. The van der Waals surface area contributed by atoms with Gasteiger partial charge in [-0.15, -0.1) is 11.6 Å². The molecule has 0 unspecified atom stereocenters. The first-order valence-corrected chi connectivity index (χ1v) is 6.69. The minimum absolute atomic E-state index is 0.0456. The predicted molar refractivity (Wildman–Crippen MR) is 75.3 cm³/mol. The van der Waals surface area contributed by atoms with E-state index in [9.17, 15) is 4.79 Å². The zero-order valence-corrected chi connectivity index (χ0v) is 11.6. The van der Waals surface area contributed by atoms with Crippen molar-refractivity contribution in [3.05, 3.63) is 59.5 Å². The number of benzene rings is 1. The highest BCUT2D eigenvalue weighted by molar-refractivity contribution is 6.18. The Morgan fingerprint density at radius 3 is 2.58 bits per heavy atom. The largest absolute Gasteiger partial charge is 0.469 e. The zero-order chi connectivity index (χ0) is 13.7. The summed E-state index contributed by atoms with van der Waals surface area (Å²) in [4.78, 5) is 14.2. The van der Waals surface area contributed by atoms with Gasteiger partial charge in [-0.25, -0.2) is 0 Å². The SMILES string of the molecule is Cc1occc1C(=O)N(CCCl)Cc1ccccc1. The molecule has 100 valence electrons. The highest BCUT2D eigenvalue weighted by Gasteiger charge is 2.19. The van der Waals surface area contributed by atoms with E-state index in [0.717, 1.165) is 5.56 Å². The maximum atomic E-state index is 12.4. The maximum absolute atomic E-state index is 12.4. The summed E-state index contributed by atoms with van der Waals surface area (Å²) in [5, 5.41) is 0. The summed E-state index contributed by atoms with van der Waals surface area (Å²) in [5.41, 5.74) is 1.68. The van der Waals surface area contributed by atoms with Crippen molar-refractivity contribution in [2.75, 3.05) is 12.4 Å². The summed E-state index contributed by atoms with van der Waals surface area (Å²) >= 11 is 5.79. The summed E-state index contributed by atoms with van der Waals surface area (Å²) in [7, 11) is 0. The van der Waals surface area contributed by atoms with Gasteiger partial charge >= 0.3 is 0 Å². The Balaban J connectivity index is 2.16. The fourth-order valence-corrected chi connectivity index (χ4v) is 2.14. The number of furan rings is 1. The molecule has 0 bridgehead atoms. The Morgan fingerprint density at radius 1 is 1.26 bits per heavy atom. The van der Waals surface area contributed by atoms with Gasteiger partial charge in [0.2, 0.25) is 0 Å². The van der Waals surface area contributed by atoms with Gasteiger partial charge in [-0.1, -0.05) is 30.3 Å². The van der Waals surface area contributed by atoms with Crippen LogP contribution >= 0.6 is 11.6 Å². The summed E-state index contributed by atoms with van der Waals surface area (Å²) in [6, 6.07) is 11.6. The molecule has 1 heterocycles. The van der Waals surface area contributed by atoms with Crippen LogP contribution in [0.5, 0.6) is 0 Å². The van der Waals surface area contributed by atoms with E-state index in [0.29, 0.717) is 30.3 Å². The third kappa shape index (κ3) is 3.38. The van der Waals surface area contributed by atoms with Crippen molar-refractivity contribution in [1.82, 2.24) is 4.90 Å². The van der Waals surface area contributed by atoms with Gasteiger partial charge in [-0.3, -0.25) is 4.79 Å². The smallest absolute Gasteiger partial charge is 0.257 e. The van der Waals surface area contributed by atoms with Gasteiger partial charge in [-0.2, -0.15) is 0 Å². The summed E-state index contributed by atoms with van der Waals surface area (Å²) in [5.74, 6) is 1.00. The fourth-order valence-electron chi connectivity index (χ4n) is 1.94. The normalized spacial score (nSPS) is 10.4. The minimum Gasteiger partial charge on any atom is -0.469 e. The summed E-state index contributed by atoms with van der Waals surface area (Å²) < 4.78 is 5.18. The summed E-state index contributed by atoms with van der Waals surface area (Å²) in [6.45, 7) is 2.85. The monoisotopic (exact) mass is 277 g/mol. The average molecular weight is 278 g/mol. The van der Waals surface area contributed by atoms with E-state index in [1.165, 1.54) is 6.26 Å². The van der Waals surface area contributed by atoms with Crippen molar-refractivity contribution >= 4 is 17.5 Å². The quantitative estimate of drug-likeness (QED) is 0.784. The Bertz CT molecular complexity index is 536. The van der Waals surface area contributed by atoms with Gasteiger partial charge < -0.3 is 9.32 Å². The van der Waals surface area contributed by atoms with E-state index in [1.54, 1.807) is 17.9 Å². The molecule has 2 rings (SSSR count). The molecule has 1 aromatic heterocycles. The second kappa shape index (κ2) is 6.43. The van der Waals surface area contributed by atoms with Crippen LogP contribution < -0.4 is 0 Å². The molecule has 0 saturated heterocycles. The van der Waals surface area contributed by atoms with Gasteiger partial charge in [0.1, 0.15) is 5.76 Å². The Kier molecular flexibility index (Phi) is 4.63. The molecule has 0 fully saturated rings.